The predicted molar refractivity (Wildman–Crippen MR) is 109 cm³/mol. The fourth-order valence-electron chi connectivity index (χ4n) is 3.21. The van der Waals surface area contributed by atoms with Crippen molar-refractivity contribution in [3.05, 3.63) is 43.1 Å². The molecule has 1 aromatic rings. The minimum Gasteiger partial charge on any atom is -0.464 e. The molecule has 0 saturated carbocycles. The van der Waals surface area contributed by atoms with Gasteiger partial charge in [0.05, 0.1) is 13.2 Å². The van der Waals surface area contributed by atoms with E-state index < -0.39 is 56.8 Å². The van der Waals surface area contributed by atoms with Crippen LogP contribution in [-0.4, -0.2) is 72.7 Å². The topological polar surface area (TPSA) is 136 Å². The van der Waals surface area contributed by atoms with Crippen LogP contribution in [0.3, 0.4) is 0 Å². The molecular weight excluding hydrogens is 467 g/mol. The van der Waals surface area contributed by atoms with Crippen molar-refractivity contribution in [2.45, 2.75) is 36.8 Å². The molecule has 5 atom stereocenters. The minimum atomic E-state index is -4.32. The van der Waals surface area contributed by atoms with E-state index in [1.807, 2.05) is 0 Å². The first-order valence-corrected chi connectivity index (χ1v) is 11.4. The summed E-state index contributed by atoms with van der Waals surface area (Å²) in [6.45, 7) is 2.59. The summed E-state index contributed by atoms with van der Waals surface area (Å²) < 4.78 is 63.4. The highest BCUT2D eigenvalue weighted by molar-refractivity contribution is 7.52. The lowest BCUT2D eigenvalue weighted by molar-refractivity contribution is -0.144. The third-order valence-corrected chi connectivity index (χ3v) is 6.47. The Labute approximate surface area is 188 Å². The number of benzene rings is 1. The Morgan fingerprint density at radius 2 is 2.12 bits per heavy atom. The van der Waals surface area contributed by atoms with Crippen LogP contribution in [0.25, 0.3) is 0 Å². The van der Waals surface area contributed by atoms with E-state index in [0.29, 0.717) is 4.90 Å². The number of carbonyl (C=O) groups is 2. The van der Waals surface area contributed by atoms with Crippen LogP contribution < -0.4 is 14.9 Å². The average Bonchev–Trinajstić information content (AvgIpc) is 3.28. The molecule has 33 heavy (non-hydrogen) atoms. The Morgan fingerprint density at radius 3 is 2.70 bits per heavy atom. The number of para-hydroxylation sites is 1. The number of hydrogen-bond acceptors (Lipinski definition) is 8. The van der Waals surface area contributed by atoms with E-state index in [2.05, 4.69) is 17.0 Å². The number of carbonyl (C=O) groups excluding carboxylic acids is 2. The number of ether oxygens (including phenoxy) is 2. The number of aliphatic hydroxyl groups excluding tert-OH is 1. The molecule has 182 valence electrons. The lowest BCUT2D eigenvalue weighted by Crippen LogP contribution is -2.51. The molecule has 3 N–H and O–H groups in total. The Bertz CT molecular complexity index is 922. The summed E-state index contributed by atoms with van der Waals surface area (Å²) in [5.41, 5.74) is 0. The van der Waals surface area contributed by atoms with E-state index >= 15 is 0 Å². The number of nitrogens with one attached hydrogen (secondary N) is 2. The van der Waals surface area contributed by atoms with E-state index in [9.17, 15) is 28.0 Å². The van der Waals surface area contributed by atoms with Crippen LogP contribution in [0.2, 0.25) is 0 Å². The van der Waals surface area contributed by atoms with E-state index in [4.69, 9.17) is 18.5 Å². The number of rotatable bonds is 9. The minimum absolute atomic E-state index is 0.0943. The van der Waals surface area contributed by atoms with Gasteiger partial charge in [0.1, 0.15) is 17.9 Å². The second kappa shape index (κ2) is 10.1. The fraction of sp³-hybridized carbons (Fsp3) is 0.474. The van der Waals surface area contributed by atoms with Gasteiger partial charge in [-0.3, -0.25) is 14.2 Å². The molecule has 0 aromatic heterocycles. The molecule has 2 amide bonds. The Hall–Kier alpha value is -2.57. The van der Waals surface area contributed by atoms with Crippen LogP contribution in [0.4, 0.5) is 13.6 Å². The van der Waals surface area contributed by atoms with Crippen LogP contribution in [-0.2, 0) is 23.4 Å². The first kappa shape index (κ1) is 25.1. The van der Waals surface area contributed by atoms with Crippen LogP contribution in [0.15, 0.2) is 43.1 Å². The van der Waals surface area contributed by atoms with Crippen molar-refractivity contribution in [3.63, 3.8) is 0 Å². The van der Waals surface area contributed by atoms with Crippen molar-refractivity contribution in [1.29, 1.82) is 0 Å². The van der Waals surface area contributed by atoms with Gasteiger partial charge < -0.3 is 24.4 Å². The first-order valence-electron chi connectivity index (χ1n) is 9.89. The summed E-state index contributed by atoms with van der Waals surface area (Å²) in [6, 6.07) is 5.88. The molecule has 0 radical (unpaired) electrons. The zero-order valence-electron chi connectivity index (χ0n) is 17.6. The maximum Gasteiger partial charge on any atom is 0.459 e. The van der Waals surface area contributed by atoms with Gasteiger partial charge in [-0.1, -0.05) is 24.8 Å². The third kappa shape index (κ3) is 5.50. The number of hydrogen-bond donors (Lipinski definition) is 3. The maximum absolute atomic E-state index is 14.7. The molecule has 0 aliphatic carbocycles. The Kier molecular flexibility index (Phi) is 7.70. The van der Waals surface area contributed by atoms with Crippen molar-refractivity contribution in [3.8, 4) is 5.75 Å². The average molecular weight is 491 g/mol. The highest BCUT2D eigenvalue weighted by atomic mass is 31.2. The summed E-state index contributed by atoms with van der Waals surface area (Å²) in [6.07, 6.45) is -5.28. The molecule has 2 saturated heterocycles. The summed E-state index contributed by atoms with van der Waals surface area (Å²) in [4.78, 5) is 24.2. The first-order chi connectivity index (χ1) is 15.6. The number of urea groups is 1. The molecule has 2 aliphatic rings. The smallest absolute Gasteiger partial charge is 0.459 e. The van der Waals surface area contributed by atoms with E-state index in [-0.39, 0.29) is 18.8 Å². The zero-order valence-corrected chi connectivity index (χ0v) is 18.5. The lowest BCUT2D eigenvalue weighted by Gasteiger charge is -2.28. The van der Waals surface area contributed by atoms with Gasteiger partial charge in [-0.25, -0.2) is 9.36 Å². The number of amides is 2. The Balaban J connectivity index is 1.76. The van der Waals surface area contributed by atoms with Gasteiger partial charge in [0, 0.05) is 19.7 Å². The van der Waals surface area contributed by atoms with Gasteiger partial charge in [-0.05, 0) is 12.1 Å². The van der Waals surface area contributed by atoms with Crippen molar-refractivity contribution < 1.29 is 46.6 Å². The molecule has 2 heterocycles. The quantitative estimate of drug-likeness (QED) is 0.348. The van der Waals surface area contributed by atoms with Crippen molar-refractivity contribution >= 4 is 19.7 Å². The van der Waals surface area contributed by atoms with E-state index in [1.54, 1.807) is 18.2 Å². The Morgan fingerprint density at radius 1 is 1.42 bits per heavy atom. The molecule has 3 rings (SSSR count). The van der Waals surface area contributed by atoms with Gasteiger partial charge in [0.25, 0.3) is 0 Å². The van der Waals surface area contributed by atoms with Gasteiger partial charge >= 0.3 is 25.7 Å². The van der Waals surface area contributed by atoms with Crippen LogP contribution in [0.1, 0.15) is 6.42 Å². The fourth-order valence-corrected chi connectivity index (χ4v) is 4.74. The van der Waals surface area contributed by atoms with Gasteiger partial charge in [0.2, 0.25) is 6.23 Å². The summed E-state index contributed by atoms with van der Waals surface area (Å²) in [5.74, 6) is -4.46. The molecule has 2 fully saturated rings. The number of nitrogens with zero attached hydrogens (tertiary/aromatic N) is 1. The SMILES string of the molecule is C=CN(C(=O)NC)[C@@H]1O[C@H](CO[P@](=O)(N[C@H]2CCOC2=O)Oc2ccccc2)C(O)C1(F)F. The maximum atomic E-state index is 14.7. The number of aliphatic hydroxyl groups is 1. The third-order valence-electron chi connectivity index (χ3n) is 4.90. The molecular formula is C19H24F2N3O8P. The van der Waals surface area contributed by atoms with Crippen LogP contribution in [0.5, 0.6) is 5.75 Å². The standard InChI is InChI=1S/C19H24F2N3O8P/c1-3-24(18(27)22-2)17-19(20,21)15(25)14(31-17)11-30-33(28,23-13-9-10-29-16(13)26)32-12-7-5-4-6-8-12/h3-8,13-15,17,25H,1,9-11H2,2H3,(H,22,27)(H,23,28)/t13-,14+,15?,17+,33+/m0/s1. The van der Waals surface area contributed by atoms with E-state index in [1.165, 1.54) is 19.2 Å². The number of esters is 1. The van der Waals surface area contributed by atoms with Crippen LogP contribution in [0, 0.1) is 0 Å². The number of halogens is 2. The molecule has 0 bridgehead atoms. The van der Waals surface area contributed by atoms with E-state index in [0.717, 1.165) is 6.20 Å². The van der Waals surface area contributed by atoms with Gasteiger partial charge in [0.15, 0.2) is 6.10 Å². The van der Waals surface area contributed by atoms with Gasteiger partial charge in [-0.15, -0.1) is 0 Å². The summed E-state index contributed by atoms with van der Waals surface area (Å²) >= 11 is 0. The molecule has 11 nitrogen and oxygen atoms in total. The lowest BCUT2D eigenvalue weighted by atomic mass is 10.1. The number of alkyl halides is 2. The van der Waals surface area contributed by atoms with Gasteiger partial charge in [-0.2, -0.15) is 13.9 Å². The normalized spacial score (nSPS) is 27.9. The van der Waals surface area contributed by atoms with Crippen molar-refractivity contribution in [2.24, 2.45) is 0 Å². The molecule has 1 unspecified atom stereocenters. The monoisotopic (exact) mass is 491 g/mol. The van der Waals surface area contributed by atoms with Crippen LogP contribution >= 0.6 is 7.75 Å². The zero-order chi connectivity index (χ0) is 24.2. The number of cyclic esters (lactones) is 1. The molecule has 2 aliphatic heterocycles. The highest BCUT2D eigenvalue weighted by Crippen LogP contribution is 2.47. The highest BCUT2D eigenvalue weighted by Gasteiger charge is 2.61. The molecule has 14 heteroatoms. The second-order valence-corrected chi connectivity index (χ2v) is 8.82. The molecule has 0 spiro atoms. The predicted octanol–water partition coefficient (Wildman–Crippen LogP) is 1.60. The van der Waals surface area contributed by atoms with Crippen molar-refractivity contribution in [1.82, 2.24) is 15.3 Å². The summed E-state index contributed by atoms with van der Waals surface area (Å²) in [5, 5.41) is 14.7. The second-order valence-electron chi connectivity index (χ2n) is 7.13. The van der Waals surface area contributed by atoms with Crippen molar-refractivity contribution in [2.75, 3.05) is 20.3 Å². The molecule has 1 aromatic carbocycles. The largest absolute Gasteiger partial charge is 0.464 e. The summed E-state index contributed by atoms with van der Waals surface area (Å²) in [7, 11) is -3.10.